The predicted molar refractivity (Wildman–Crippen MR) is 56.4 cm³/mol. The highest BCUT2D eigenvalue weighted by atomic mass is 32.2. The normalized spacial score (nSPS) is 21.1. The van der Waals surface area contributed by atoms with E-state index >= 15 is 0 Å². The SMILES string of the molecule is Cc1ccc(C2=NNC(N)S2)cc1. The Hall–Kier alpha value is -1.00. The molecule has 0 amide bonds. The Labute approximate surface area is 81.4 Å². The molecule has 3 N–H and O–H groups in total. The van der Waals surface area contributed by atoms with Crippen molar-refractivity contribution in [3.05, 3.63) is 35.4 Å². The molecular formula is C9H11N3S. The monoisotopic (exact) mass is 193 g/mol. The maximum atomic E-state index is 5.63. The average molecular weight is 193 g/mol. The van der Waals surface area contributed by atoms with Crippen molar-refractivity contribution in [1.82, 2.24) is 5.43 Å². The summed E-state index contributed by atoms with van der Waals surface area (Å²) < 4.78 is 0. The van der Waals surface area contributed by atoms with Gasteiger partial charge in [-0.25, -0.2) is 0 Å². The summed E-state index contributed by atoms with van der Waals surface area (Å²) >= 11 is 1.54. The Kier molecular flexibility index (Phi) is 2.24. The fraction of sp³-hybridized carbons (Fsp3) is 0.222. The van der Waals surface area contributed by atoms with Gasteiger partial charge >= 0.3 is 0 Å². The molecule has 0 bridgehead atoms. The maximum absolute atomic E-state index is 5.63. The van der Waals surface area contributed by atoms with E-state index in [1.54, 1.807) is 11.8 Å². The number of benzene rings is 1. The van der Waals surface area contributed by atoms with Gasteiger partial charge in [-0.05, 0) is 6.92 Å². The van der Waals surface area contributed by atoms with Gasteiger partial charge in [0.25, 0.3) is 0 Å². The van der Waals surface area contributed by atoms with Crippen molar-refractivity contribution in [2.75, 3.05) is 0 Å². The number of hydrazone groups is 1. The molecule has 0 saturated heterocycles. The fourth-order valence-corrected chi connectivity index (χ4v) is 1.85. The second-order valence-electron chi connectivity index (χ2n) is 2.95. The van der Waals surface area contributed by atoms with E-state index in [4.69, 9.17) is 5.73 Å². The molecule has 1 aromatic rings. The molecule has 0 spiro atoms. The molecule has 0 aliphatic carbocycles. The van der Waals surface area contributed by atoms with Crippen LogP contribution in [-0.4, -0.2) is 10.5 Å². The summed E-state index contributed by atoms with van der Waals surface area (Å²) in [6.07, 6.45) is 0. The molecule has 1 aliphatic rings. The van der Waals surface area contributed by atoms with E-state index in [9.17, 15) is 0 Å². The van der Waals surface area contributed by atoms with Gasteiger partial charge in [-0.15, -0.1) is 0 Å². The first-order chi connectivity index (χ1) is 6.25. The second-order valence-corrected chi connectivity index (χ2v) is 4.08. The van der Waals surface area contributed by atoms with Crippen LogP contribution >= 0.6 is 11.8 Å². The van der Waals surface area contributed by atoms with Gasteiger partial charge in [-0.2, -0.15) is 5.10 Å². The quantitative estimate of drug-likeness (QED) is 0.705. The van der Waals surface area contributed by atoms with E-state index in [1.165, 1.54) is 5.56 Å². The van der Waals surface area contributed by atoms with Gasteiger partial charge in [-0.3, -0.25) is 5.43 Å². The van der Waals surface area contributed by atoms with E-state index in [0.717, 1.165) is 10.6 Å². The minimum absolute atomic E-state index is 0.101. The molecule has 0 saturated carbocycles. The topological polar surface area (TPSA) is 50.4 Å². The minimum Gasteiger partial charge on any atom is -0.301 e. The lowest BCUT2D eigenvalue weighted by Gasteiger charge is -2.00. The van der Waals surface area contributed by atoms with Crippen LogP contribution in [-0.2, 0) is 0 Å². The van der Waals surface area contributed by atoms with Crippen molar-refractivity contribution >= 4 is 16.8 Å². The molecule has 4 heteroatoms. The molecule has 0 radical (unpaired) electrons. The highest BCUT2D eigenvalue weighted by Gasteiger charge is 2.15. The number of aryl methyl sites for hydroxylation is 1. The van der Waals surface area contributed by atoms with Crippen LogP contribution in [0.1, 0.15) is 11.1 Å². The first-order valence-corrected chi connectivity index (χ1v) is 4.96. The number of nitrogens with one attached hydrogen (secondary N) is 1. The standard InChI is InChI=1S/C9H11N3S/c1-6-2-4-7(5-3-6)8-11-12-9(10)13-8/h2-5,9,12H,10H2,1H3. The first kappa shape index (κ1) is 8.59. The highest BCUT2D eigenvalue weighted by molar-refractivity contribution is 8.15. The first-order valence-electron chi connectivity index (χ1n) is 4.08. The summed E-state index contributed by atoms with van der Waals surface area (Å²) in [7, 11) is 0. The number of nitrogens with two attached hydrogens (primary N) is 1. The van der Waals surface area contributed by atoms with Gasteiger partial charge in [-0.1, -0.05) is 41.6 Å². The lowest BCUT2D eigenvalue weighted by molar-refractivity contribution is 0.729. The molecule has 13 heavy (non-hydrogen) atoms. The molecule has 1 aliphatic heterocycles. The lowest BCUT2D eigenvalue weighted by atomic mass is 10.2. The molecule has 1 heterocycles. The van der Waals surface area contributed by atoms with E-state index in [2.05, 4.69) is 41.7 Å². The van der Waals surface area contributed by atoms with Gasteiger partial charge in [0.2, 0.25) is 0 Å². The Morgan fingerprint density at radius 3 is 2.62 bits per heavy atom. The Balaban J connectivity index is 2.22. The van der Waals surface area contributed by atoms with Gasteiger partial charge in [0.1, 0.15) is 10.5 Å². The molecule has 0 aromatic heterocycles. The van der Waals surface area contributed by atoms with Gasteiger partial charge in [0, 0.05) is 5.56 Å². The van der Waals surface area contributed by atoms with Gasteiger partial charge < -0.3 is 5.73 Å². The molecule has 68 valence electrons. The number of thioether (sulfide) groups is 1. The minimum atomic E-state index is -0.101. The van der Waals surface area contributed by atoms with E-state index < -0.39 is 0 Å². The average Bonchev–Trinajstić information content (AvgIpc) is 2.53. The third kappa shape index (κ3) is 1.84. The van der Waals surface area contributed by atoms with Crippen molar-refractivity contribution in [1.29, 1.82) is 0 Å². The Morgan fingerprint density at radius 2 is 2.08 bits per heavy atom. The van der Waals surface area contributed by atoms with Crippen molar-refractivity contribution < 1.29 is 0 Å². The Bertz CT molecular complexity index is 331. The van der Waals surface area contributed by atoms with Crippen molar-refractivity contribution in [2.45, 2.75) is 12.4 Å². The van der Waals surface area contributed by atoms with Crippen LogP contribution in [0.2, 0.25) is 0 Å². The highest BCUT2D eigenvalue weighted by Crippen LogP contribution is 2.19. The third-order valence-electron chi connectivity index (χ3n) is 1.83. The molecule has 3 nitrogen and oxygen atoms in total. The summed E-state index contributed by atoms with van der Waals surface area (Å²) in [6, 6.07) is 8.26. The molecule has 1 atom stereocenters. The second kappa shape index (κ2) is 3.40. The summed E-state index contributed by atoms with van der Waals surface area (Å²) in [5.41, 5.74) is 10.7. The zero-order valence-electron chi connectivity index (χ0n) is 7.32. The van der Waals surface area contributed by atoms with E-state index in [-0.39, 0.29) is 5.50 Å². The number of rotatable bonds is 1. The van der Waals surface area contributed by atoms with Crippen molar-refractivity contribution in [2.24, 2.45) is 10.8 Å². The summed E-state index contributed by atoms with van der Waals surface area (Å²) in [5, 5.41) is 5.09. The smallest absolute Gasteiger partial charge is 0.144 e. The number of nitrogens with zero attached hydrogens (tertiary/aromatic N) is 1. The van der Waals surface area contributed by atoms with Crippen LogP contribution in [0.25, 0.3) is 0 Å². The van der Waals surface area contributed by atoms with Gasteiger partial charge in [0.15, 0.2) is 0 Å². The fourth-order valence-electron chi connectivity index (χ4n) is 1.12. The molecule has 2 rings (SSSR count). The lowest BCUT2D eigenvalue weighted by Crippen LogP contribution is -2.25. The number of hydrogen-bond acceptors (Lipinski definition) is 4. The maximum Gasteiger partial charge on any atom is 0.144 e. The van der Waals surface area contributed by atoms with Crippen LogP contribution in [0, 0.1) is 6.92 Å². The predicted octanol–water partition coefficient (Wildman–Crippen LogP) is 1.24. The van der Waals surface area contributed by atoms with Crippen molar-refractivity contribution in [3.63, 3.8) is 0 Å². The van der Waals surface area contributed by atoms with Crippen LogP contribution in [0.15, 0.2) is 29.4 Å². The van der Waals surface area contributed by atoms with Crippen LogP contribution in [0.4, 0.5) is 0 Å². The summed E-state index contributed by atoms with van der Waals surface area (Å²) in [4.78, 5) is 0. The molecule has 1 aromatic carbocycles. The summed E-state index contributed by atoms with van der Waals surface area (Å²) in [5.74, 6) is 0. The van der Waals surface area contributed by atoms with E-state index in [1.807, 2.05) is 0 Å². The van der Waals surface area contributed by atoms with Crippen LogP contribution in [0.3, 0.4) is 0 Å². The van der Waals surface area contributed by atoms with Crippen LogP contribution < -0.4 is 11.2 Å². The molecule has 1 unspecified atom stereocenters. The summed E-state index contributed by atoms with van der Waals surface area (Å²) in [6.45, 7) is 2.07. The van der Waals surface area contributed by atoms with Gasteiger partial charge in [0.05, 0.1) is 0 Å². The van der Waals surface area contributed by atoms with E-state index in [0.29, 0.717) is 0 Å². The van der Waals surface area contributed by atoms with Crippen LogP contribution in [0.5, 0.6) is 0 Å². The molecular weight excluding hydrogens is 182 g/mol. The zero-order chi connectivity index (χ0) is 9.26. The van der Waals surface area contributed by atoms with Crippen molar-refractivity contribution in [3.8, 4) is 0 Å². The largest absolute Gasteiger partial charge is 0.301 e. The molecule has 0 fully saturated rings. The third-order valence-corrected chi connectivity index (χ3v) is 2.74. The Morgan fingerprint density at radius 1 is 1.38 bits per heavy atom. The zero-order valence-corrected chi connectivity index (χ0v) is 8.14. The number of hydrogen-bond donors (Lipinski definition) is 2.